The summed E-state index contributed by atoms with van der Waals surface area (Å²) in [5, 5.41) is 3.12. The van der Waals surface area contributed by atoms with E-state index in [1.807, 2.05) is 27.0 Å². The van der Waals surface area contributed by atoms with Crippen molar-refractivity contribution < 1.29 is 4.74 Å². The molecule has 0 saturated carbocycles. The SMILES string of the molecule is CNCCc1ccncc1OC(C)C. The number of ether oxygens (including phenoxy) is 1. The molecule has 78 valence electrons. The normalized spacial score (nSPS) is 10.6. The molecule has 0 amide bonds. The van der Waals surface area contributed by atoms with Crippen molar-refractivity contribution in [2.45, 2.75) is 26.4 Å². The molecule has 0 aliphatic carbocycles. The summed E-state index contributed by atoms with van der Waals surface area (Å²) in [6.45, 7) is 5.00. The first kappa shape index (κ1) is 11.0. The lowest BCUT2D eigenvalue weighted by atomic mass is 10.2. The summed E-state index contributed by atoms with van der Waals surface area (Å²) in [5.74, 6) is 0.901. The van der Waals surface area contributed by atoms with Gasteiger partial charge in [0.1, 0.15) is 5.75 Å². The van der Waals surface area contributed by atoms with Crippen LogP contribution in [-0.2, 0) is 6.42 Å². The molecule has 0 radical (unpaired) electrons. The Morgan fingerprint density at radius 1 is 1.50 bits per heavy atom. The van der Waals surface area contributed by atoms with Gasteiger partial charge in [0.25, 0.3) is 0 Å². The third-order valence-electron chi connectivity index (χ3n) is 1.88. The Balaban J connectivity index is 2.69. The second-order valence-electron chi connectivity index (χ2n) is 3.50. The second-order valence-corrected chi connectivity index (χ2v) is 3.50. The van der Waals surface area contributed by atoms with Crippen LogP contribution < -0.4 is 10.1 Å². The van der Waals surface area contributed by atoms with Crippen molar-refractivity contribution in [3.8, 4) is 5.75 Å². The Kier molecular flexibility index (Phi) is 4.40. The average Bonchev–Trinajstić information content (AvgIpc) is 2.16. The molecule has 1 rings (SSSR count). The molecule has 0 fully saturated rings. The Bertz CT molecular complexity index is 274. The molecule has 1 N–H and O–H groups in total. The molecule has 0 saturated heterocycles. The minimum atomic E-state index is 0.201. The molecule has 0 spiro atoms. The van der Waals surface area contributed by atoms with Crippen molar-refractivity contribution >= 4 is 0 Å². The van der Waals surface area contributed by atoms with Gasteiger partial charge in [-0.3, -0.25) is 4.98 Å². The number of hydrogen-bond acceptors (Lipinski definition) is 3. The lowest BCUT2D eigenvalue weighted by Gasteiger charge is -2.13. The number of nitrogens with zero attached hydrogens (tertiary/aromatic N) is 1. The maximum Gasteiger partial charge on any atom is 0.141 e. The summed E-state index contributed by atoms with van der Waals surface area (Å²) in [5.41, 5.74) is 1.21. The number of nitrogens with one attached hydrogen (secondary N) is 1. The molecule has 0 aromatic carbocycles. The van der Waals surface area contributed by atoms with Crippen molar-refractivity contribution in [3.05, 3.63) is 24.0 Å². The van der Waals surface area contributed by atoms with Gasteiger partial charge in [0, 0.05) is 6.20 Å². The van der Waals surface area contributed by atoms with Crippen molar-refractivity contribution in [1.29, 1.82) is 0 Å². The molecule has 1 aromatic rings. The summed E-state index contributed by atoms with van der Waals surface area (Å²) in [6.07, 6.45) is 4.76. The third-order valence-corrected chi connectivity index (χ3v) is 1.88. The van der Waals surface area contributed by atoms with Gasteiger partial charge in [0.15, 0.2) is 0 Å². The highest BCUT2D eigenvalue weighted by atomic mass is 16.5. The molecule has 1 heterocycles. The van der Waals surface area contributed by atoms with Gasteiger partial charge >= 0.3 is 0 Å². The van der Waals surface area contributed by atoms with Crippen molar-refractivity contribution in [2.24, 2.45) is 0 Å². The van der Waals surface area contributed by atoms with Gasteiger partial charge in [-0.05, 0) is 45.5 Å². The largest absolute Gasteiger partial charge is 0.489 e. The van der Waals surface area contributed by atoms with E-state index in [9.17, 15) is 0 Å². The first-order valence-electron chi connectivity index (χ1n) is 4.98. The van der Waals surface area contributed by atoms with E-state index in [1.165, 1.54) is 5.56 Å². The molecule has 3 nitrogen and oxygen atoms in total. The first-order chi connectivity index (χ1) is 6.74. The van der Waals surface area contributed by atoms with Gasteiger partial charge < -0.3 is 10.1 Å². The predicted molar refractivity (Wildman–Crippen MR) is 57.6 cm³/mol. The highest BCUT2D eigenvalue weighted by molar-refractivity contribution is 5.30. The molecular formula is C11H18N2O. The zero-order valence-electron chi connectivity index (χ0n) is 9.08. The van der Waals surface area contributed by atoms with Crippen LogP contribution in [0.4, 0.5) is 0 Å². The van der Waals surface area contributed by atoms with Crippen LogP contribution in [-0.4, -0.2) is 24.7 Å². The van der Waals surface area contributed by atoms with E-state index in [2.05, 4.69) is 10.3 Å². The summed E-state index contributed by atoms with van der Waals surface area (Å²) in [4.78, 5) is 4.06. The molecule has 3 heteroatoms. The zero-order valence-corrected chi connectivity index (χ0v) is 9.08. The number of aromatic nitrogens is 1. The smallest absolute Gasteiger partial charge is 0.141 e. The first-order valence-corrected chi connectivity index (χ1v) is 4.98. The number of hydrogen-bond donors (Lipinski definition) is 1. The Morgan fingerprint density at radius 3 is 2.93 bits per heavy atom. The van der Waals surface area contributed by atoms with Crippen LogP contribution in [0.25, 0.3) is 0 Å². The van der Waals surface area contributed by atoms with Gasteiger partial charge in [0.05, 0.1) is 12.3 Å². The molecule has 0 aliphatic rings. The van der Waals surface area contributed by atoms with Crippen LogP contribution in [0.5, 0.6) is 5.75 Å². The number of likely N-dealkylation sites (N-methyl/N-ethyl adjacent to an activating group) is 1. The van der Waals surface area contributed by atoms with Crippen molar-refractivity contribution in [3.63, 3.8) is 0 Å². The van der Waals surface area contributed by atoms with E-state index in [0.29, 0.717) is 0 Å². The summed E-state index contributed by atoms with van der Waals surface area (Å²) in [6, 6.07) is 2.01. The standard InChI is InChI=1S/C11H18N2O/c1-9(2)14-11-8-13-7-5-10(11)4-6-12-3/h5,7-9,12H,4,6H2,1-3H3. The van der Waals surface area contributed by atoms with Crippen LogP contribution in [0.3, 0.4) is 0 Å². The molecular weight excluding hydrogens is 176 g/mol. The lowest BCUT2D eigenvalue weighted by molar-refractivity contribution is 0.239. The van der Waals surface area contributed by atoms with Crippen LogP contribution in [0.15, 0.2) is 18.5 Å². The molecule has 0 unspecified atom stereocenters. The van der Waals surface area contributed by atoms with Gasteiger partial charge in [-0.2, -0.15) is 0 Å². The molecule has 0 atom stereocenters. The number of pyridine rings is 1. The molecule has 0 bridgehead atoms. The van der Waals surface area contributed by atoms with E-state index in [1.54, 1.807) is 12.4 Å². The van der Waals surface area contributed by atoms with Crippen LogP contribution in [0.1, 0.15) is 19.4 Å². The monoisotopic (exact) mass is 194 g/mol. The molecule has 1 aromatic heterocycles. The van der Waals surface area contributed by atoms with Crippen LogP contribution in [0.2, 0.25) is 0 Å². The highest BCUT2D eigenvalue weighted by Gasteiger charge is 2.04. The topological polar surface area (TPSA) is 34.2 Å². The minimum Gasteiger partial charge on any atom is -0.489 e. The number of rotatable bonds is 5. The lowest BCUT2D eigenvalue weighted by Crippen LogP contribution is -2.13. The van der Waals surface area contributed by atoms with Crippen molar-refractivity contribution in [1.82, 2.24) is 10.3 Å². The summed E-state index contributed by atoms with van der Waals surface area (Å²) >= 11 is 0. The Morgan fingerprint density at radius 2 is 2.29 bits per heavy atom. The summed E-state index contributed by atoms with van der Waals surface area (Å²) in [7, 11) is 1.95. The van der Waals surface area contributed by atoms with E-state index in [4.69, 9.17) is 4.74 Å². The van der Waals surface area contributed by atoms with Crippen LogP contribution >= 0.6 is 0 Å². The fourth-order valence-electron chi connectivity index (χ4n) is 1.24. The van der Waals surface area contributed by atoms with Gasteiger partial charge in [0.2, 0.25) is 0 Å². The Labute approximate surface area is 85.5 Å². The molecule has 14 heavy (non-hydrogen) atoms. The Hall–Kier alpha value is -1.09. The second kappa shape index (κ2) is 5.60. The summed E-state index contributed by atoms with van der Waals surface area (Å²) < 4.78 is 5.65. The van der Waals surface area contributed by atoms with E-state index in [0.717, 1.165) is 18.7 Å². The fraction of sp³-hybridized carbons (Fsp3) is 0.545. The molecule has 0 aliphatic heterocycles. The zero-order chi connectivity index (χ0) is 10.4. The third kappa shape index (κ3) is 3.34. The maximum absolute atomic E-state index is 5.65. The average molecular weight is 194 g/mol. The van der Waals surface area contributed by atoms with Crippen molar-refractivity contribution in [2.75, 3.05) is 13.6 Å². The van der Waals surface area contributed by atoms with E-state index in [-0.39, 0.29) is 6.10 Å². The quantitative estimate of drug-likeness (QED) is 0.773. The van der Waals surface area contributed by atoms with E-state index >= 15 is 0 Å². The minimum absolute atomic E-state index is 0.201. The van der Waals surface area contributed by atoms with Gasteiger partial charge in [-0.15, -0.1) is 0 Å². The van der Waals surface area contributed by atoms with E-state index < -0.39 is 0 Å². The van der Waals surface area contributed by atoms with Gasteiger partial charge in [-0.1, -0.05) is 0 Å². The highest BCUT2D eigenvalue weighted by Crippen LogP contribution is 2.17. The predicted octanol–water partition coefficient (Wildman–Crippen LogP) is 1.63. The fourth-order valence-corrected chi connectivity index (χ4v) is 1.24. The maximum atomic E-state index is 5.65. The van der Waals surface area contributed by atoms with Gasteiger partial charge in [-0.25, -0.2) is 0 Å². The van der Waals surface area contributed by atoms with Crippen LogP contribution in [0, 0.1) is 0 Å².